The molecule has 5 aromatic rings. The van der Waals surface area contributed by atoms with E-state index in [9.17, 15) is 8.42 Å². The Hall–Kier alpha value is -3.92. The van der Waals surface area contributed by atoms with Gasteiger partial charge in [-0.25, -0.2) is 28.1 Å². The normalized spacial score (nSPS) is 11.8. The molecule has 10 heteroatoms. The smallest absolute Gasteiger partial charge is 0.247 e. The minimum absolute atomic E-state index is 0.204. The fourth-order valence-electron chi connectivity index (χ4n) is 3.62. The van der Waals surface area contributed by atoms with Crippen molar-refractivity contribution in [2.75, 3.05) is 6.26 Å². The Labute approximate surface area is 184 Å². The van der Waals surface area contributed by atoms with Crippen molar-refractivity contribution in [2.45, 2.75) is 12.1 Å². The summed E-state index contributed by atoms with van der Waals surface area (Å²) < 4.78 is 27.8. The van der Waals surface area contributed by atoms with Gasteiger partial charge in [-0.15, -0.1) is 5.10 Å². The summed E-state index contributed by atoms with van der Waals surface area (Å²) >= 11 is 0. The highest BCUT2D eigenvalue weighted by Crippen LogP contribution is 2.34. The first-order valence-corrected chi connectivity index (χ1v) is 11.7. The van der Waals surface area contributed by atoms with Gasteiger partial charge in [0.05, 0.1) is 17.6 Å². The summed E-state index contributed by atoms with van der Waals surface area (Å²) in [6.07, 6.45) is 6.23. The molecule has 4 heterocycles. The lowest BCUT2D eigenvalue weighted by Gasteiger charge is -2.06. The molecule has 5 rings (SSSR count). The summed E-state index contributed by atoms with van der Waals surface area (Å²) in [6.45, 7) is 1.86. The maximum absolute atomic E-state index is 12.1. The van der Waals surface area contributed by atoms with E-state index < -0.39 is 9.84 Å². The third kappa shape index (κ3) is 3.34. The Morgan fingerprint density at radius 1 is 0.969 bits per heavy atom. The highest BCUT2D eigenvalue weighted by atomic mass is 32.2. The summed E-state index contributed by atoms with van der Waals surface area (Å²) in [7, 11) is -1.74. The molecule has 0 bridgehead atoms. The monoisotopic (exact) mass is 445 g/mol. The van der Waals surface area contributed by atoms with Crippen LogP contribution in [-0.2, 0) is 16.9 Å². The Bertz CT molecular complexity index is 1570. The number of aromatic nitrogens is 7. The molecule has 0 saturated heterocycles. The van der Waals surface area contributed by atoms with Crippen molar-refractivity contribution in [3.05, 3.63) is 66.6 Å². The maximum Gasteiger partial charge on any atom is 0.247 e. The Morgan fingerprint density at radius 3 is 2.44 bits per heavy atom. The van der Waals surface area contributed by atoms with Gasteiger partial charge >= 0.3 is 0 Å². The predicted octanol–water partition coefficient (Wildman–Crippen LogP) is 2.99. The number of fused-ring (bicyclic) bond motifs is 1. The molecular formula is C22H19N7O2S. The molecule has 0 radical (unpaired) electrons. The van der Waals surface area contributed by atoms with Crippen molar-refractivity contribution in [1.82, 2.24) is 34.5 Å². The van der Waals surface area contributed by atoms with Crippen molar-refractivity contribution in [1.29, 1.82) is 0 Å². The lowest BCUT2D eigenvalue weighted by Crippen LogP contribution is -2.05. The number of aryl methyl sites for hydroxylation is 2. The van der Waals surface area contributed by atoms with Gasteiger partial charge in [-0.3, -0.25) is 0 Å². The maximum atomic E-state index is 12.1. The van der Waals surface area contributed by atoms with Crippen LogP contribution in [0.25, 0.3) is 39.4 Å². The predicted molar refractivity (Wildman–Crippen MR) is 120 cm³/mol. The largest absolute Gasteiger partial charge is 0.301 e. The van der Waals surface area contributed by atoms with Gasteiger partial charge in [0.1, 0.15) is 11.3 Å². The van der Waals surface area contributed by atoms with Crippen LogP contribution in [0.15, 0.2) is 66.2 Å². The molecule has 0 N–H and O–H groups in total. The molecule has 0 unspecified atom stereocenters. The molecule has 0 aliphatic heterocycles. The average Bonchev–Trinajstić information content (AvgIpc) is 3.37. The summed E-state index contributed by atoms with van der Waals surface area (Å²) in [4.78, 5) is 13.3. The van der Waals surface area contributed by atoms with Crippen LogP contribution in [0.5, 0.6) is 0 Å². The molecule has 0 spiro atoms. The highest BCUT2D eigenvalue weighted by Gasteiger charge is 2.20. The van der Waals surface area contributed by atoms with Gasteiger partial charge in [0, 0.05) is 42.3 Å². The lowest BCUT2D eigenvalue weighted by molar-refractivity contribution is 0.593. The highest BCUT2D eigenvalue weighted by molar-refractivity contribution is 7.90. The number of benzene rings is 1. The van der Waals surface area contributed by atoms with Gasteiger partial charge in [0.25, 0.3) is 0 Å². The van der Waals surface area contributed by atoms with Gasteiger partial charge < -0.3 is 4.57 Å². The first-order chi connectivity index (χ1) is 15.3. The number of pyridine rings is 1. The molecule has 0 amide bonds. The van der Waals surface area contributed by atoms with Crippen LogP contribution in [0.3, 0.4) is 0 Å². The molecule has 160 valence electrons. The van der Waals surface area contributed by atoms with Crippen molar-refractivity contribution in [3.8, 4) is 28.3 Å². The minimum Gasteiger partial charge on any atom is -0.301 e. The third-order valence-electron chi connectivity index (χ3n) is 5.20. The van der Waals surface area contributed by atoms with Gasteiger partial charge in [-0.05, 0) is 36.8 Å². The van der Waals surface area contributed by atoms with Crippen LogP contribution in [0, 0.1) is 6.92 Å². The quantitative estimate of drug-likeness (QED) is 0.391. The summed E-state index contributed by atoms with van der Waals surface area (Å²) in [6, 6.07) is 13.7. The van der Waals surface area contributed by atoms with Gasteiger partial charge in [-0.1, -0.05) is 23.4 Å². The molecule has 0 atom stereocenters. The zero-order chi connectivity index (χ0) is 22.5. The molecule has 0 saturated carbocycles. The second kappa shape index (κ2) is 7.34. The summed E-state index contributed by atoms with van der Waals surface area (Å²) in [5, 5.41) is 8.58. The van der Waals surface area contributed by atoms with Gasteiger partial charge in [0.2, 0.25) is 15.0 Å². The fourth-order valence-corrected chi connectivity index (χ4v) is 4.12. The number of para-hydroxylation sites is 1. The van der Waals surface area contributed by atoms with E-state index in [1.165, 1.54) is 6.20 Å². The van der Waals surface area contributed by atoms with Gasteiger partial charge in [-0.2, -0.15) is 0 Å². The molecule has 32 heavy (non-hydrogen) atoms. The van der Waals surface area contributed by atoms with E-state index in [1.807, 2.05) is 67.2 Å². The van der Waals surface area contributed by atoms with Crippen LogP contribution < -0.4 is 0 Å². The van der Waals surface area contributed by atoms with E-state index in [2.05, 4.69) is 20.3 Å². The van der Waals surface area contributed by atoms with E-state index in [0.29, 0.717) is 11.3 Å². The number of nitrogens with zero attached hydrogens (tertiary/aromatic N) is 7. The van der Waals surface area contributed by atoms with Crippen molar-refractivity contribution in [2.24, 2.45) is 7.05 Å². The van der Waals surface area contributed by atoms with Crippen LogP contribution in [-0.4, -0.2) is 49.2 Å². The average molecular weight is 446 g/mol. The topological polar surface area (TPSA) is 108 Å². The molecule has 9 nitrogen and oxygen atoms in total. The number of sulfone groups is 1. The first-order valence-electron chi connectivity index (χ1n) is 9.79. The SMILES string of the molecule is Cc1cnc(S(C)(=O)=O)nc1-c1cn(-c2ccccc2)c2nc(-c3cnnn3C)ccc12. The first kappa shape index (κ1) is 20.0. The molecule has 0 aliphatic carbocycles. The summed E-state index contributed by atoms with van der Waals surface area (Å²) in [5.74, 6) is 0. The molecular weight excluding hydrogens is 426 g/mol. The van der Waals surface area contributed by atoms with E-state index in [0.717, 1.165) is 39.8 Å². The van der Waals surface area contributed by atoms with E-state index in [-0.39, 0.29) is 5.16 Å². The molecule has 1 aromatic carbocycles. The Morgan fingerprint density at radius 2 is 1.75 bits per heavy atom. The fraction of sp³-hybridized carbons (Fsp3) is 0.136. The molecule has 0 aliphatic rings. The Kier molecular flexibility index (Phi) is 4.59. The summed E-state index contributed by atoms with van der Waals surface area (Å²) in [5.41, 5.74) is 5.24. The number of rotatable bonds is 4. The van der Waals surface area contributed by atoms with Crippen LogP contribution in [0.1, 0.15) is 5.56 Å². The van der Waals surface area contributed by atoms with Crippen LogP contribution in [0.2, 0.25) is 0 Å². The zero-order valence-corrected chi connectivity index (χ0v) is 18.4. The second-order valence-corrected chi connectivity index (χ2v) is 9.42. The Balaban J connectivity index is 1.81. The standard InChI is InChI=1S/C22H19N7O2S/c1-14-11-23-22(32(3,30)31)26-20(14)17-13-29(15-7-5-4-6-8-15)21-16(17)9-10-18(25-21)19-12-24-27-28(19)2/h4-13H,1-3H3. The lowest BCUT2D eigenvalue weighted by atomic mass is 10.1. The van der Waals surface area contributed by atoms with Crippen LogP contribution in [0.4, 0.5) is 0 Å². The molecule has 0 fully saturated rings. The number of hydrogen-bond donors (Lipinski definition) is 0. The van der Waals surface area contributed by atoms with E-state index in [1.54, 1.807) is 10.9 Å². The van der Waals surface area contributed by atoms with E-state index in [4.69, 9.17) is 4.98 Å². The number of hydrogen-bond acceptors (Lipinski definition) is 7. The third-order valence-corrected chi connectivity index (χ3v) is 6.06. The van der Waals surface area contributed by atoms with Crippen molar-refractivity contribution < 1.29 is 8.42 Å². The van der Waals surface area contributed by atoms with Crippen LogP contribution >= 0.6 is 0 Å². The minimum atomic E-state index is -3.55. The molecule has 4 aromatic heterocycles. The second-order valence-electron chi connectivity index (χ2n) is 7.52. The van der Waals surface area contributed by atoms with Crippen molar-refractivity contribution in [3.63, 3.8) is 0 Å². The van der Waals surface area contributed by atoms with E-state index >= 15 is 0 Å². The van der Waals surface area contributed by atoms with Crippen molar-refractivity contribution >= 4 is 20.9 Å². The zero-order valence-electron chi connectivity index (χ0n) is 17.6. The van der Waals surface area contributed by atoms with Gasteiger partial charge in [0.15, 0.2) is 0 Å².